The Bertz CT molecular complexity index is 348. The summed E-state index contributed by atoms with van der Waals surface area (Å²) < 4.78 is 0. The summed E-state index contributed by atoms with van der Waals surface area (Å²) in [5.41, 5.74) is 2.22. The summed E-state index contributed by atoms with van der Waals surface area (Å²) in [5, 5.41) is 9.35. The predicted octanol–water partition coefficient (Wildman–Crippen LogP) is 2.93. The quantitative estimate of drug-likeness (QED) is 0.871. The van der Waals surface area contributed by atoms with E-state index < -0.39 is 0 Å². The fraction of sp³-hybridized carbons (Fsp3) is 0.714. The first-order chi connectivity index (χ1) is 8.24. The first-order valence-electron chi connectivity index (χ1n) is 6.71. The molecular weight excluding hydrogens is 212 g/mol. The number of aryl methyl sites for hydroxylation is 1. The molecule has 1 aliphatic rings. The van der Waals surface area contributed by atoms with Crippen LogP contribution >= 0.6 is 0 Å². The Morgan fingerprint density at radius 2 is 2.06 bits per heavy atom. The molecule has 1 heterocycles. The molecule has 0 bridgehead atoms. The molecule has 0 amide bonds. The molecule has 17 heavy (non-hydrogen) atoms. The van der Waals surface area contributed by atoms with Gasteiger partial charge in [0.15, 0.2) is 0 Å². The normalized spacial score (nSPS) is 18.5. The van der Waals surface area contributed by atoms with E-state index in [9.17, 15) is 5.11 Å². The third kappa shape index (κ3) is 2.83. The first kappa shape index (κ1) is 12.5. The Kier molecular flexibility index (Phi) is 4.11. The van der Waals surface area contributed by atoms with Crippen LogP contribution in [0.5, 0.6) is 0 Å². The summed E-state index contributed by atoms with van der Waals surface area (Å²) in [6, 6.07) is 2.11. The summed E-state index contributed by atoms with van der Waals surface area (Å²) in [6.07, 6.45) is 6.04. The van der Waals surface area contributed by atoms with E-state index in [1.165, 1.54) is 31.4 Å². The van der Waals surface area contributed by atoms with E-state index in [2.05, 4.69) is 23.0 Å². The smallest absolute Gasteiger partial charge is 0.134 e. The van der Waals surface area contributed by atoms with Crippen LogP contribution in [0, 0.1) is 6.92 Å². The molecule has 1 saturated carbocycles. The second kappa shape index (κ2) is 5.58. The molecule has 3 heteroatoms. The van der Waals surface area contributed by atoms with Crippen molar-refractivity contribution in [2.75, 3.05) is 6.61 Å². The lowest BCUT2D eigenvalue weighted by Gasteiger charge is -2.15. The molecule has 1 N–H and O–H groups in total. The van der Waals surface area contributed by atoms with Gasteiger partial charge in [0, 0.05) is 23.2 Å². The van der Waals surface area contributed by atoms with E-state index in [1.54, 1.807) is 0 Å². The van der Waals surface area contributed by atoms with E-state index in [0.29, 0.717) is 5.92 Å². The van der Waals surface area contributed by atoms with Crippen LogP contribution < -0.4 is 0 Å². The van der Waals surface area contributed by atoms with Crippen molar-refractivity contribution in [1.82, 2.24) is 9.97 Å². The average Bonchev–Trinajstić information content (AvgIpc) is 2.83. The molecule has 1 aliphatic carbocycles. The maximum atomic E-state index is 9.35. The summed E-state index contributed by atoms with van der Waals surface area (Å²) in [7, 11) is 0. The molecule has 94 valence electrons. The lowest BCUT2D eigenvalue weighted by Crippen LogP contribution is -2.11. The lowest BCUT2D eigenvalue weighted by molar-refractivity contribution is 0.257. The molecule has 0 saturated heterocycles. The van der Waals surface area contributed by atoms with Crippen molar-refractivity contribution in [2.24, 2.45) is 0 Å². The van der Waals surface area contributed by atoms with Gasteiger partial charge in [0.1, 0.15) is 5.82 Å². The van der Waals surface area contributed by atoms with Crippen molar-refractivity contribution in [3.8, 4) is 0 Å². The summed E-state index contributed by atoms with van der Waals surface area (Å²) in [5.74, 6) is 1.54. The van der Waals surface area contributed by atoms with Gasteiger partial charge in [-0.15, -0.1) is 0 Å². The van der Waals surface area contributed by atoms with Gasteiger partial charge >= 0.3 is 0 Å². The van der Waals surface area contributed by atoms with Crippen LogP contribution in [-0.4, -0.2) is 21.7 Å². The molecule has 0 spiro atoms. The summed E-state index contributed by atoms with van der Waals surface area (Å²) >= 11 is 0. The number of hydrogen-bond donors (Lipinski definition) is 1. The monoisotopic (exact) mass is 234 g/mol. The molecule has 1 aromatic heterocycles. The van der Waals surface area contributed by atoms with Crippen LogP contribution in [0.25, 0.3) is 0 Å². The lowest BCUT2D eigenvalue weighted by atomic mass is 10.0. The number of rotatable bonds is 4. The van der Waals surface area contributed by atoms with Crippen LogP contribution in [-0.2, 0) is 0 Å². The molecule has 3 nitrogen and oxygen atoms in total. The van der Waals surface area contributed by atoms with Gasteiger partial charge in [0.25, 0.3) is 0 Å². The van der Waals surface area contributed by atoms with Crippen LogP contribution in [0.15, 0.2) is 6.07 Å². The molecule has 0 aliphatic heterocycles. The van der Waals surface area contributed by atoms with E-state index in [-0.39, 0.29) is 12.5 Å². The van der Waals surface area contributed by atoms with Crippen molar-refractivity contribution in [2.45, 2.75) is 57.8 Å². The molecule has 2 rings (SSSR count). The molecule has 1 atom stereocenters. The van der Waals surface area contributed by atoms with Crippen LogP contribution in [0.2, 0.25) is 0 Å². The zero-order valence-corrected chi connectivity index (χ0v) is 10.8. The van der Waals surface area contributed by atoms with Gasteiger partial charge in [0.2, 0.25) is 0 Å². The topological polar surface area (TPSA) is 46.0 Å². The SMILES string of the molecule is CCC(CO)c1nc(C)cc(C2CCCC2)n1. The van der Waals surface area contributed by atoms with Crippen LogP contribution in [0.4, 0.5) is 0 Å². The highest BCUT2D eigenvalue weighted by Crippen LogP contribution is 2.33. The van der Waals surface area contributed by atoms with Gasteiger partial charge in [-0.05, 0) is 32.3 Å². The highest BCUT2D eigenvalue weighted by Gasteiger charge is 2.21. The van der Waals surface area contributed by atoms with Crippen molar-refractivity contribution in [3.05, 3.63) is 23.3 Å². The Morgan fingerprint density at radius 3 is 2.65 bits per heavy atom. The van der Waals surface area contributed by atoms with Gasteiger partial charge in [-0.25, -0.2) is 9.97 Å². The maximum absolute atomic E-state index is 9.35. The summed E-state index contributed by atoms with van der Waals surface area (Å²) in [6.45, 7) is 4.24. The van der Waals surface area contributed by atoms with Crippen molar-refractivity contribution in [3.63, 3.8) is 0 Å². The van der Waals surface area contributed by atoms with Crippen molar-refractivity contribution in [1.29, 1.82) is 0 Å². The molecule has 0 radical (unpaired) electrons. The maximum Gasteiger partial charge on any atom is 0.134 e. The van der Waals surface area contributed by atoms with Crippen LogP contribution in [0.1, 0.15) is 68.1 Å². The van der Waals surface area contributed by atoms with Crippen LogP contribution in [0.3, 0.4) is 0 Å². The Hall–Kier alpha value is -0.960. The van der Waals surface area contributed by atoms with Crippen molar-refractivity contribution >= 4 is 0 Å². The Balaban J connectivity index is 2.27. The van der Waals surface area contributed by atoms with Gasteiger partial charge in [-0.1, -0.05) is 19.8 Å². The van der Waals surface area contributed by atoms with Crippen molar-refractivity contribution < 1.29 is 5.11 Å². The molecule has 0 aromatic carbocycles. The predicted molar refractivity (Wildman–Crippen MR) is 68.1 cm³/mol. The second-order valence-corrected chi connectivity index (χ2v) is 5.06. The van der Waals surface area contributed by atoms with Gasteiger partial charge < -0.3 is 5.11 Å². The Morgan fingerprint density at radius 1 is 1.35 bits per heavy atom. The number of aromatic nitrogens is 2. The molecule has 1 aromatic rings. The minimum absolute atomic E-state index is 0.0926. The highest BCUT2D eigenvalue weighted by atomic mass is 16.3. The molecule has 1 fully saturated rings. The minimum atomic E-state index is 0.0926. The highest BCUT2D eigenvalue weighted by molar-refractivity contribution is 5.17. The van der Waals surface area contributed by atoms with E-state index >= 15 is 0 Å². The number of aliphatic hydroxyl groups excluding tert-OH is 1. The van der Waals surface area contributed by atoms with Gasteiger partial charge in [-0.3, -0.25) is 0 Å². The number of nitrogens with zero attached hydrogens (tertiary/aromatic N) is 2. The standard InChI is InChI=1S/C14H22N2O/c1-3-11(9-17)14-15-10(2)8-13(16-14)12-6-4-5-7-12/h8,11-12,17H,3-7,9H2,1-2H3. The molecular formula is C14H22N2O. The fourth-order valence-corrected chi connectivity index (χ4v) is 2.62. The van der Waals surface area contributed by atoms with Gasteiger partial charge in [-0.2, -0.15) is 0 Å². The van der Waals surface area contributed by atoms with Gasteiger partial charge in [0.05, 0.1) is 6.61 Å². The van der Waals surface area contributed by atoms with E-state index in [1.807, 2.05) is 6.92 Å². The minimum Gasteiger partial charge on any atom is -0.396 e. The number of aliphatic hydroxyl groups is 1. The molecule has 1 unspecified atom stereocenters. The van der Waals surface area contributed by atoms with E-state index in [0.717, 1.165) is 17.9 Å². The van der Waals surface area contributed by atoms with E-state index in [4.69, 9.17) is 0 Å². The zero-order valence-electron chi connectivity index (χ0n) is 10.8. The first-order valence-corrected chi connectivity index (χ1v) is 6.71. The summed E-state index contributed by atoms with van der Waals surface area (Å²) in [4.78, 5) is 9.16. The third-order valence-corrected chi connectivity index (χ3v) is 3.74. The third-order valence-electron chi connectivity index (χ3n) is 3.74. The largest absolute Gasteiger partial charge is 0.396 e. The average molecular weight is 234 g/mol. The second-order valence-electron chi connectivity index (χ2n) is 5.06. The number of hydrogen-bond acceptors (Lipinski definition) is 3. The Labute approximate surface area is 103 Å². The zero-order chi connectivity index (χ0) is 12.3. The fourth-order valence-electron chi connectivity index (χ4n) is 2.62.